The van der Waals surface area contributed by atoms with Crippen molar-refractivity contribution in [1.82, 2.24) is 15.2 Å². The first kappa shape index (κ1) is 18.7. The standard InChI is InChI=1S/C23H27N3O2/c1-16-5-3-7-18(13-16)22(28)26-11-9-23(10-12-26)14-20(23)21(27)24-15-19-8-4-6-17(2)25-19/h3-8,13,20H,9-12,14-15H2,1-2H3,(H,24,27)/t20-/m1/s1. The van der Waals surface area contributed by atoms with Crippen molar-refractivity contribution < 1.29 is 9.59 Å². The van der Waals surface area contributed by atoms with Gasteiger partial charge < -0.3 is 10.2 Å². The third-order valence-electron chi connectivity index (χ3n) is 6.21. The monoisotopic (exact) mass is 377 g/mol. The van der Waals surface area contributed by atoms with Crippen LogP contribution in [-0.4, -0.2) is 34.8 Å². The Morgan fingerprint density at radius 2 is 1.89 bits per heavy atom. The molecule has 0 radical (unpaired) electrons. The average molecular weight is 377 g/mol. The molecule has 2 amide bonds. The number of pyridine rings is 1. The van der Waals surface area contributed by atoms with Crippen molar-refractivity contribution in [2.75, 3.05) is 13.1 Å². The summed E-state index contributed by atoms with van der Waals surface area (Å²) in [6.07, 6.45) is 2.75. The van der Waals surface area contributed by atoms with Crippen LogP contribution in [0.15, 0.2) is 42.5 Å². The van der Waals surface area contributed by atoms with Gasteiger partial charge in [-0.05, 0) is 62.8 Å². The number of aromatic nitrogens is 1. The third-order valence-corrected chi connectivity index (χ3v) is 6.21. The lowest BCUT2D eigenvalue weighted by Crippen LogP contribution is -2.40. The molecule has 1 atom stereocenters. The van der Waals surface area contributed by atoms with E-state index in [4.69, 9.17) is 0 Å². The van der Waals surface area contributed by atoms with E-state index in [0.717, 1.165) is 54.9 Å². The Labute approximate surface area is 166 Å². The molecule has 5 nitrogen and oxygen atoms in total. The molecule has 146 valence electrons. The van der Waals surface area contributed by atoms with Gasteiger partial charge in [0.25, 0.3) is 5.91 Å². The van der Waals surface area contributed by atoms with Gasteiger partial charge in [0.05, 0.1) is 12.2 Å². The molecule has 5 heteroatoms. The van der Waals surface area contributed by atoms with Crippen molar-refractivity contribution in [1.29, 1.82) is 0 Å². The minimum absolute atomic E-state index is 0.0773. The van der Waals surface area contributed by atoms with Gasteiger partial charge in [-0.2, -0.15) is 0 Å². The van der Waals surface area contributed by atoms with Crippen LogP contribution in [0.1, 0.15) is 46.6 Å². The van der Waals surface area contributed by atoms with Crippen LogP contribution in [0.25, 0.3) is 0 Å². The van der Waals surface area contributed by atoms with Crippen LogP contribution >= 0.6 is 0 Å². The lowest BCUT2D eigenvalue weighted by Gasteiger charge is -2.33. The summed E-state index contributed by atoms with van der Waals surface area (Å²) in [6.45, 7) is 5.89. The fourth-order valence-corrected chi connectivity index (χ4v) is 4.39. The largest absolute Gasteiger partial charge is 0.350 e. The molecule has 1 saturated carbocycles. The maximum absolute atomic E-state index is 12.7. The van der Waals surface area contributed by atoms with Crippen molar-refractivity contribution in [3.05, 3.63) is 65.0 Å². The second kappa shape index (κ2) is 7.38. The number of aryl methyl sites for hydroxylation is 2. The Balaban J connectivity index is 1.29. The zero-order valence-electron chi connectivity index (χ0n) is 16.6. The summed E-state index contributed by atoms with van der Waals surface area (Å²) in [7, 11) is 0. The van der Waals surface area contributed by atoms with Crippen molar-refractivity contribution in [2.45, 2.75) is 39.7 Å². The summed E-state index contributed by atoms with van der Waals surface area (Å²) in [4.78, 5) is 31.7. The summed E-state index contributed by atoms with van der Waals surface area (Å²) in [5.41, 5.74) is 3.79. The lowest BCUT2D eigenvalue weighted by molar-refractivity contribution is -0.123. The van der Waals surface area contributed by atoms with Crippen molar-refractivity contribution in [2.24, 2.45) is 11.3 Å². The first-order valence-corrected chi connectivity index (χ1v) is 10.0. The van der Waals surface area contributed by atoms with Gasteiger partial charge >= 0.3 is 0 Å². The van der Waals surface area contributed by atoms with Crippen LogP contribution in [0.2, 0.25) is 0 Å². The van der Waals surface area contributed by atoms with Gasteiger partial charge in [-0.3, -0.25) is 14.6 Å². The predicted octanol–water partition coefficient (Wildman–Crippen LogP) is 3.26. The number of hydrogen-bond acceptors (Lipinski definition) is 3. The molecule has 2 aromatic rings. The highest BCUT2D eigenvalue weighted by atomic mass is 16.2. The zero-order valence-corrected chi connectivity index (χ0v) is 16.6. The topological polar surface area (TPSA) is 62.3 Å². The molecule has 0 unspecified atom stereocenters. The smallest absolute Gasteiger partial charge is 0.253 e. The van der Waals surface area contributed by atoms with Gasteiger partial charge in [-0.15, -0.1) is 0 Å². The highest BCUT2D eigenvalue weighted by Gasteiger charge is 2.58. The number of nitrogens with zero attached hydrogens (tertiary/aromatic N) is 2. The van der Waals surface area contributed by atoms with Crippen LogP contribution in [-0.2, 0) is 11.3 Å². The molecule has 1 aromatic carbocycles. The van der Waals surface area contributed by atoms with E-state index < -0.39 is 0 Å². The highest BCUT2D eigenvalue weighted by Crippen LogP contribution is 2.59. The van der Waals surface area contributed by atoms with E-state index in [2.05, 4.69) is 10.3 Å². The van der Waals surface area contributed by atoms with E-state index in [1.54, 1.807) is 0 Å². The molecule has 1 aliphatic carbocycles. The van der Waals surface area contributed by atoms with Crippen LogP contribution in [0.3, 0.4) is 0 Å². The van der Waals surface area contributed by atoms with E-state index in [9.17, 15) is 9.59 Å². The van der Waals surface area contributed by atoms with Crippen LogP contribution in [0.4, 0.5) is 0 Å². The van der Waals surface area contributed by atoms with E-state index in [1.807, 2.05) is 61.2 Å². The Hall–Kier alpha value is -2.69. The number of carbonyl (C=O) groups is 2. The van der Waals surface area contributed by atoms with Crippen molar-refractivity contribution in [3.63, 3.8) is 0 Å². The summed E-state index contributed by atoms with van der Waals surface area (Å²) >= 11 is 0. The SMILES string of the molecule is Cc1cccc(C(=O)N2CCC3(CC2)C[C@@H]3C(=O)NCc2cccc(C)n2)c1. The molecule has 1 N–H and O–H groups in total. The van der Waals surface area contributed by atoms with E-state index in [1.165, 1.54) is 0 Å². The molecule has 1 saturated heterocycles. The summed E-state index contributed by atoms with van der Waals surface area (Å²) in [6, 6.07) is 13.6. The zero-order chi connectivity index (χ0) is 19.7. The molecule has 1 spiro atoms. The Morgan fingerprint density at radius 1 is 1.14 bits per heavy atom. The molecule has 2 fully saturated rings. The number of likely N-dealkylation sites (tertiary alicyclic amines) is 1. The van der Waals surface area contributed by atoms with Gasteiger partial charge in [0.15, 0.2) is 0 Å². The number of carbonyl (C=O) groups excluding carboxylic acids is 2. The third kappa shape index (κ3) is 3.79. The van der Waals surface area contributed by atoms with Gasteiger partial charge in [-0.25, -0.2) is 0 Å². The molecule has 1 aliphatic heterocycles. The number of piperidine rings is 1. The molecule has 4 rings (SSSR count). The van der Waals surface area contributed by atoms with E-state index in [0.29, 0.717) is 6.54 Å². The number of amides is 2. The Morgan fingerprint density at radius 3 is 2.61 bits per heavy atom. The molecule has 2 heterocycles. The molecular formula is C23H27N3O2. The molecule has 28 heavy (non-hydrogen) atoms. The van der Waals surface area contributed by atoms with Crippen molar-refractivity contribution in [3.8, 4) is 0 Å². The van der Waals surface area contributed by atoms with Gasteiger partial charge in [0.2, 0.25) is 5.91 Å². The molecule has 1 aromatic heterocycles. The molecular weight excluding hydrogens is 350 g/mol. The maximum Gasteiger partial charge on any atom is 0.253 e. The van der Waals surface area contributed by atoms with Crippen LogP contribution in [0, 0.1) is 25.2 Å². The minimum Gasteiger partial charge on any atom is -0.350 e. The number of hydrogen-bond donors (Lipinski definition) is 1. The Kier molecular flexibility index (Phi) is 4.92. The predicted molar refractivity (Wildman–Crippen MR) is 108 cm³/mol. The summed E-state index contributed by atoms with van der Waals surface area (Å²) in [5, 5.41) is 3.04. The second-order valence-corrected chi connectivity index (χ2v) is 8.27. The summed E-state index contributed by atoms with van der Waals surface area (Å²) in [5.74, 6) is 0.307. The van der Waals surface area contributed by atoms with Gasteiger partial charge in [-0.1, -0.05) is 23.8 Å². The molecule has 2 aliphatic rings. The van der Waals surface area contributed by atoms with Crippen LogP contribution < -0.4 is 5.32 Å². The fourth-order valence-electron chi connectivity index (χ4n) is 4.39. The number of rotatable bonds is 4. The number of benzene rings is 1. The van der Waals surface area contributed by atoms with Gasteiger partial charge in [0.1, 0.15) is 0 Å². The van der Waals surface area contributed by atoms with E-state index >= 15 is 0 Å². The quantitative estimate of drug-likeness (QED) is 0.890. The maximum atomic E-state index is 12.7. The van der Waals surface area contributed by atoms with Crippen LogP contribution in [0.5, 0.6) is 0 Å². The highest BCUT2D eigenvalue weighted by molar-refractivity contribution is 5.94. The average Bonchev–Trinajstić information content (AvgIpc) is 3.39. The second-order valence-electron chi connectivity index (χ2n) is 8.27. The molecule has 0 bridgehead atoms. The van der Waals surface area contributed by atoms with E-state index in [-0.39, 0.29) is 23.1 Å². The van der Waals surface area contributed by atoms with Crippen molar-refractivity contribution >= 4 is 11.8 Å². The summed E-state index contributed by atoms with van der Waals surface area (Å²) < 4.78 is 0. The minimum atomic E-state index is 0.0773. The number of nitrogens with one attached hydrogen (secondary N) is 1. The first-order valence-electron chi connectivity index (χ1n) is 10.0. The lowest BCUT2D eigenvalue weighted by atomic mass is 9.90. The fraction of sp³-hybridized carbons (Fsp3) is 0.435. The normalized spacial score (nSPS) is 20.1. The Bertz CT molecular complexity index is 900. The van der Waals surface area contributed by atoms with Gasteiger partial charge in [0, 0.05) is 30.3 Å². The first-order chi connectivity index (χ1) is 13.5.